The Hall–Kier alpha value is 0.210. The Morgan fingerprint density at radius 3 is 2.89 bits per heavy atom. The van der Waals surface area contributed by atoms with Crippen LogP contribution in [0.2, 0.25) is 0 Å². The van der Waals surface area contributed by atoms with E-state index in [9.17, 15) is 0 Å². The van der Waals surface area contributed by atoms with Crippen LogP contribution in [-0.2, 0) is 4.74 Å². The third-order valence-corrected chi connectivity index (χ3v) is 2.18. The van der Waals surface area contributed by atoms with E-state index >= 15 is 0 Å². The van der Waals surface area contributed by atoms with Crippen molar-refractivity contribution in [3.8, 4) is 0 Å². The lowest BCUT2D eigenvalue weighted by atomic mass is 10.1. The quantitative estimate of drug-likeness (QED) is 0.576. The van der Waals surface area contributed by atoms with Crippen molar-refractivity contribution in [1.29, 1.82) is 0 Å². The fourth-order valence-electron chi connectivity index (χ4n) is 1.14. The number of hydrogen-bond donors (Lipinski definition) is 1. The second kappa shape index (κ2) is 3.40. The summed E-state index contributed by atoms with van der Waals surface area (Å²) < 4.78 is 5.17. The van der Waals surface area contributed by atoms with Crippen molar-refractivity contribution in [2.75, 3.05) is 26.1 Å². The highest BCUT2D eigenvalue weighted by atomic mass is 35.5. The van der Waals surface area contributed by atoms with Crippen LogP contribution in [0.1, 0.15) is 0 Å². The van der Waals surface area contributed by atoms with Gasteiger partial charge in [-0.25, -0.2) is 0 Å². The Bertz CT molecular complexity index is 79.1. The van der Waals surface area contributed by atoms with Gasteiger partial charge in [-0.2, -0.15) is 0 Å². The van der Waals surface area contributed by atoms with Gasteiger partial charge in [-0.05, 0) is 0 Å². The van der Waals surface area contributed by atoms with Gasteiger partial charge < -0.3 is 10.1 Å². The molecule has 0 aromatic rings. The summed E-state index contributed by atoms with van der Waals surface area (Å²) >= 11 is 5.66. The van der Waals surface area contributed by atoms with E-state index in [-0.39, 0.29) is 0 Å². The third kappa shape index (κ3) is 1.57. The van der Waals surface area contributed by atoms with Crippen molar-refractivity contribution in [1.82, 2.24) is 5.32 Å². The number of rotatable bonds is 2. The first kappa shape index (κ1) is 7.32. The Kier molecular flexibility index (Phi) is 2.76. The van der Waals surface area contributed by atoms with Crippen LogP contribution >= 0.6 is 11.6 Å². The fourth-order valence-corrected chi connectivity index (χ4v) is 1.45. The van der Waals surface area contributed by atoms with Crippen molar-refractivity contribution in [2.45, 2.75) is 6.10 Å². The molecule has 0 aliphatic carbocycles. The molecule has 9 heavy (non-hydrogen) atoms. The topological polar surface area (TPSA) is 21.3 Å². The molecule has 1 fully saturated rings. The lowest BCUT2D eigenvalue weighted by molar-refractivity contribution is 0.0903. The van der Waals surface area contributed by atoms with Gasteiger partial charge in [-0.15, -0.1) is 11.6 Å². The molecule has 0 aromatic carbocycles. The summed E-state index contributed by atoms with van der Waals surface area (Å²) in [6.45, 7) is 1.95. The molecule has 0 spiro atoms. The van der Waals surface area contributed by atoms with E-state index < -0.39 is 0 Å². The molecule has 1 rings (SSSR count). The summed E-state index contributed by atoms with van der Waals surface area (Å²) in [5.74, 6) is 1.21. The van der Waals surface area contributed by atoms with Crippen LogP contribution in [0.25, 0.3) is 0 Å². The van der Waals surface area contributed by atoms with Crippen molar-refractivity contribution < 1.29 is 4.74 Å². The Morgan fingerprint density at radius 2 is 2.44 bits per heavy atom. The van der Waals surface area contributed by atoms with Crippen LogP contribution < -0.4 is 5.32 Å². The zero-order chi connectivity index (χ0) is 6.69. The van der Waals surface area contributed by atoms with Gasteiger partial charge in [0.05, 0.1) is 6.10 Å². The first-order valence-corrected chi connectivity index (χ1v) is 3.71. The van der Waals surface area contributed by atoms with Gasteiger partial charge in [0.25, 0.3) is 0 Å². The number of alkyl halides is 1. The normalized spacial score (nSPS) is 35.3. The van der Waals surface area contributed by atoms with Crippen LogP contribution in [0.3, 0.4) is 0 Å². The first-order valence-electron chi connectivity index (χ1n) is 3.18. The summed E-state index contributed by atoms with van der Waals surface area (Å²) in [7, 11) is 1.73. The Balaban J connectivity index is 2.32. The molecule has 0 bridgehead atoms. The molecule has 2 atom stereocenters. The van der Waals surface area contributed by atoms with E-state index in [2.05, 4.69) is 5.32 Å². The van der Waals surface area contributed by atoms with Crippen LogP contribution in [-0.4, -0.2) is 32.2 Å². The third-order valence-electron chi connectivity index (χ3n) is 1.78. The molecule has 54 valence electrons. The Labute approximate surface area is 60.5 Å². The van der Waals surface area contributed by atoms with E-state index in [1.807, 2.05) is 0 Å². The van der Waals surface area contributed by atoms with Gasteiger partial charge >= 0.3 is 0 Å². The monoisotopic (exact) mass is 149 g/mol. The zero-order valence-electron chi connectivity index (χ0n) is 5.56. The molecule has 0 saturated carbocycles. The SMILES string of the molecule is COC1CNCC1CCl. The summed E-state index contributed by atoms with van der Waals surface area (Å²) in [5.41, 5.74) is 0. The highest BCUT2D eigenvalue weighted by Gasteiger charge is 2.25. The van der Waals surface area contributed by atoms with E-state index in [1.54, 1.807) is 7.11 Å². The van der Waals surface area contributed by atoms with E-state index in [1.165, 1.54) is 0 Å². The smallest absolute Gasteiger partial charge is 0.0747 e. The molecule has 0 radical (unpaired) electrons. The maximum absolute atomic E-state index is 5.66. The molecular weight excluding hydrogens is 138 g/mol. The maximum atomic E-state index is 5.66. The molecule has 2 nitrogen and oxygen atoms in total. The van der Waals surface area contributed by atoms with Crippen LogP contribution in [0.15, 0.2) is 0 Å². The van der Waals surface area contributed by atoms with Crippen LogP contribution in [0, 0.1) is 5.92 Å². The van der Waals surface area contributed by atoms with Gasteiger partial charge in [0, 0.05) is 32.0 Å². The maximum Gasteiger partial charge on any atom is 0.0747 e. The predicted molar refractivity (Wildman–Crippen MR) is 37.9 cm³/mol. The fraction of sp³-hybridized carbons (Fsp3) is 1.00. The molecule has 0 aromatic heterocycles. The molecule has 3 heteroatoms. The minimum absolute atomic E-state index is 0.336. The average Bonchev–Trinajstić information content (AvgIpc) is 2.33. The summed E-state index contributed by atoms with van der Waals surface area (Å²) in [4.78, 5) is 0. The van der Waals surface area contributed by atoms with Gasteiger partial charge in [-0.1, -0.05) is 0 Å². The van der Waals surface area contributed by atoms with E-state index in [0.29, 0.717) is 17.9 Å². The van der Waals surface area contributed by atoms with Crippen molar-refractivity contribution >= 4 is 11.6 Å². The first-order chi connectivity index (χ1) is 4.38. The molecule has 2 unspecified atom stereocenters. The molecule has 1 N–H and O–H groups in total. The summed E-state index contributed by atoms with van der Waals surface area (Å²) in [6, 6.07) is 0. The largest absolute Gasteiger partial charge is 0.380 e. The second-order valence-electron chi connectivity index (χ2n) is 2.35. The van der Waals surface area contributed by atoms with Crippen LogP contribution in [0.5, 0.6) is 0 Å². The lowest BCUT2D eigenvalue weighted by Gasteiger charge is -2.12. The number of methoxy groups -OCH3 is 1. The van der Waals surface area contributed by atoms with Gasteiger partial charge in [0.2, 0.25) is 0 Å². The molecule has 1 aliphatic heterocycles. The van der Waals surface area contributed by atoms with Gasteiger partial charge in [0.1, 0.15) is 0 Å². The minimum Gasteiger partial charge on any atom is -0.380 e. The molecule has 1 aliphatic rings. The number of ether oxygens (including phenoxy) is 1. The summed E-state index contributed by atoms with van der Waals surface area (Å²) in [5, 5.41) is 3.21. The zero-order valence-corrected chi connectivity index (χ0v) is 6.32. The second-order valence-corrected chi connectivity index (χ2v) is 2.66. The highest BCUT2D eigenvalue weighted by molar-refractivity contribution is 6.18. The van der Waals surface area contributed by atoms with Crippen molar-refractivity contribution in [2.24, 2.45) is 5.92 Å². The summed E-state index contributed by atoms with van der Waals surface area (Å²) in [6.07, 6.45) is 0.336. The average molecular weight is 150 g/mol. The number of halogens is 1. The Morgan fingerprint density at radius 1 is 1.67 bits per heavy atom. The highest BCUT2D eigenvalue weighted by Crippen LogP contribution is 2.12. The lowest BCUT2D eigenvalue weighted by Crippen LogP contribution is -2.21. The number of hydrogen-bond acceptors (Lipinski definition) is 2. The molecular formula is C6H12ClNO. The van der Waals surface area contributed by atoms with Gasteiger partial charge in [0.15, 0.2) is 0 Å². The molecule has 0 amide bonds. The molecule has 1 saturated heterocycles. The van der Waals surface area contributed by atoms with Crippen molar-refractivity contribution in [3.63, 3.8) is 0 Å². The predicted octanol–water partition coefficient (Wildman–Crippen LogP) is 0.460. The van der Waals surface area contributed by atoms with E-state index in [4.69, 9.17) is 16.3 Å². The van der Waals surface area contributed by atoms with Crippen molar-refractivity contribution in [3.05, 3.63) is 0 Å². The molecule has 1 heterocycles. The van der Waals surface area contributed by atoms with E-state index in [0.717, 1.165) is 13.1 Å². The number of nitrogens with one attached hydrogen (secondary N) is 1. The van der Waals surface area contributed by atoms with Crippen LogP contribution in [0.4, 0.5) is 0 Å². The minimum atomic E-state index is 0.336. The standard InChI is InChI=1S/C6H12ClNO/c1-9-6-4-8-3-5(6)2-7/h5-6,8H,2-4H2,1H3. The van der Waals surface area contributed by atoms with Gasteiger partial charge in [-0.3, -0.25) is 0 Å².